The van der Waals surface area contributed by atoms with E-state index in [-0.39, 0.29) is 5.41 Å². The van der Waals surface area contributed by atoms with E-state index in [0.717, 1.165) is 31.0 Å². The maximum Gasteiger partial charge on any atom is 0.450 e. The third kappa shape index (κ3) is 9.36. The van der Waals surface area contributed by atoms with E-state index in [1.54, 1.807) is 0 Å². The van der Waals surface area contributed by atoms with Crippen LogP contribution >= 0.6 is 11.8 Å². The first-order valence-corrected chi connectivity index (χ1v) is 7.91. The van der Waals surface area contributed by atoms with Gasteiger partial charge in [-0.1, -0.05) is 40.5 Å². The third-order valence-electron chi connectivity index (χ3n) is 3.06. The van der Waals surface area contributed by atoms with Crippen molar-refractivity contribution in [3.63, 3.8) is 0 Å². The molecule has 19 heavy (non-hydrogen) atoms. The van der Waals surface area contributed by atoms with Gasteiger partial charge >= 0.3 is 6.18 Å². The van der Waals surface area contributed by atoms with Gasteiger partial charge in [-0.05, 0) is 29.9 Å². The van der Waals surface area contributed by atoms with Crippen LogP contribution in [-0.4, -0.2) is 23.5 Å². The smallest absolute Gasteiger partial charge is 0.289 e. The van der Waals surface area contributed by atoms with Crippen molar-refractivity contribution in [3.05, 3.63) is 0 Å². The maximum atomic E-state index is 12.0. The van der Waals surface area contributed by atoms with E-state index in [0.29, 0.717) is 11.7 Å². The first kappa shape index (κ1) is 18.8. The highest BCUT2D eigenvalue weighted by Crippen LogP contribution is 2.32. The zero-order valence-electron chi connectivity index (χ0n) is 12.3. The molecule has 0 saturated heterocycles. The Bertz CT molecular complexity index is 274. The van der Waals surface area contributed by atoms with Gasteiger partial charge in [0.1, 0.15) is 0 Å². The molecular weight excluding hydrogens is 273 g/mol. The molecule has 0 aromatic rings. The second-order valence-electron chi connectivity index (χ2n) is 6.01. The van der Waals surface area contributed by atoms with Crippen LogP contribution in [0.25, 0.3) is 0 Å². The summed E-state index contributed by atoms with van der Waals surface area (Å²) < 4.78 is 36.1. The summed E-state index contributed by atoms with van der Waals surface area (Å²) >= 11 is 1.09. The Hall–Kier alpha value is -0.190. The first-order valence-electron chi connectivity index (χ1n) is 6.76. The van der Waals surface area contributed by atoms with Crippen LogP contribution in [0.2, 0.25) is 0 Å². The summed E-state index contributed by atoms with van der Waals surface area (Å²) in [6.45, 7) is 8.59. The molecule has 0 spiro atoms. The minimum absolute atomic E-state index is 0.226. The van der Waals surface area contributed by atoms with Gasteiger partial charge in [0.15, 0.2) is 0 Å². The molecule has 0 N–H and O–H groups in total. The number of alkyl halides is 3. The Morgan fingerprint density at radius 2 is 1.84 bits per heavy atom. The lowest BCUT2D eigenvalue weighted by atomic mass is 9.80. The quantitative estimate of drug-likeness (QED) is 0.589. The molecule has 5 heteroatoms. The normalized spacial score (nSPS) is 14.5. The van der Waals surface area contributed by atoms with Crippen molar-refractivity contribution < 1.29 is 18.0 Å². The summed E-state index contributed by atoms with van der Waals surface area (Å²) in [7, 11) is 0. The second kappa shape index (κ2) is 8.18. The van der Waals surface area contributed by atoms with Gasteiger partial charge in [-0.2, -0.15) is 24.9 Å². The van der Waals surface area contributed by atoms with Crippen molar-refractivity contribution in [2.45, 2.75) is 59.6 Å². The summed E-state index contributed by atoms with van der Waals surface area (Å²) in [5.74, 6) is -1.14. The standard InChI is InChI=1S/C14H25F3OS/c1-5-6-7-13(3,4)8-11(2)9-19-10-12(18)14(15,16)17/h11H,5-10H2,1-4H3. The molecule has 0 rings (SSSR count). The van der Waals surface area contributed by atoms with Gasteiger partial charge in [-0.3, -0.25) is 4.79 Å². The number of hydrogen-bond donors (Lipinski definition) is 0. The fourth-order valence-corrected chi connectivity index (χ4v) is 3.18. The average Bonchev–Trinajstić information content (AvgIpc) is 2.24. The van der Waals surface area contributed by atoms with Crippen LogP contribution in [-0.2, 0) is 4.79 Å². The van der Waals surface area contributed by atoms with Crippen molar-refractivity contribution in [3.8, 4) is 0 Å². The number of halogens is 3. The van der Waals surface area contributed by atoms with Crippen molar-refractivity contribution in [2.24, 2.45) is 11.3 Å². The van der Waals surface area contributed by atoms with Crippen molar-refractivity contribution in [1.29, 1.82) is 0 Å². The molecule has 0 aromatic heterocycles. The topological polar surface area (TPSA) is 17.1 Å². The van der Waals surface area contributed by atoms with Gasteiger partial charge in [0.2, 0.25) is 5.78 Å². The van der Waals surface area contributed by atoms with E-state index < -0.39 is 17.7 Å². The van der Waals surface area contributed by atoms with Crippen LogP contribution in [0, 0.1) is 11.3 Å². The van der Waals surface area contributed by atoms with Crippen LogP contribution in [0.4, 0.5) is 13.2 Å². The summed E-state index contributed by atoms with van der Waals surface area (Å²) in [5.41, 5.74) is 0.226. The molecule has 1 unspecified atom stereocenters. The fourth-order valence-electron chi connectivity index (χ4n) is 2.19. The molecule has 0 aliphatic heterocycles. The van der Waals surface area contributed by atoms with E-state index in [1.165, 1.54) is 6.42 Å². The van der Waals surface area contributed by atoms with Crippen LogP contribution in [0.3, 0.4) is 0 Å². The molecule has 0 bridgehead atoms. The summed E-state index contributed by atoms with van der Waals surface area (Å²) in [6, 6.07) is 0. The minimum atomic E-state index is -4.68. The van der Waals surface area contributed by atoms with Crippen molar-refractivity contribution in [1.82, 2.24) is 0 Å². The molecule has 0 aliphatic carbocycles. The van der Waals surface area contributed by atoms with Crippen LogP contribution in [0.1, 0.15) is 53.4 Å². The minimum Gasteiger partial charge on any atom is -0.289 e. The number of Topliss-reactive ketones (excluding diaryl/α,β-unsaturated/α-hetero) is 1. The highest BCUT2D eigenvalue weighted by Gasteiger charge is 2.37. The molecule has 0 amide bonds. The van der Waals surface area contributed by atoms with Crippen LogP contribution in [0.5, 0.6) is 0 Å². The molecule has 1 atom stereocenters. The number of rotatable bonds is 9. The Morgan fingerprint density at radius 3 is 2.32 bits per heavy atom. The zero-order valence-corrected chi connectivity index (χ0v) is 13.1. The van der Waals surface area contributed by atoms with Gasteiger partial charge in [0.05, 0.1) is 5.75 Å². The number of hydrogen-bond acceptors (Lipinski definition) is 2. The predicted molar refractivity (Wildman–Crippen MR) is 75.5 cm³/mol. The monoisotopic (exact) mass is 298 g/mol. The summed E-state index contributed by atoms with van der Waals surface area (Å²) in [6.07, 6.45) is -0.219. The molecule has 0 heterocycles. The van der Waals surface area contributed by atoms with Gasteiger partial charge in [-0.25, -0.2) is 0 Å². The Labute approximate surface area is 118 Å². The first-order chi connectivity index (χ1) is 8.58. The third-order valence-corrected chi connectivity index (χ3v) is 4.33. The number of unbranched alkanes of at least 4 members (excludes halogenated alkanes) is 1. The Balaban J connectivity index is 3.93. The molecule has 0 saturated carbocycles. The molecule has 0 aliphatic rings. The molecule has 0 fully saturated rings. The zero-order chi connectivity index (χ0) is 15.1. The maximum absolute atomic E-state index is 12.0. The lowest BCUT2D eigenvalue weighted by molar-refractivity contribution is -0.167. The lowest BCUT2D eigenvalue weighted by Gasteiger charge is -2.28. The number of carbonyl (C=O) groups excluding carboxylic acids is 1. The van der Waals surface area contributed by atoms with Gasteiger partial charge in [0.25, 0.3) is 0 Å². The lowest BCUT2D eigenvalue weighted by Crippen LogP contribution is -2.25. The van der Waals surface area contributed by atoms with Crippen LogP contribution < -0.4 is 0 Å². The molecule has 1 nitrogen and oxygen atoms in total. The van der Waals surface area contributed by atoms with Crippen LogP contribution in [0.15, 0.2) is 0 Å². The predicted octanol–water partition coefficient (Wildman–Crippen LogP) is 5.09. The highest BCUT2D eigenvalue weighted by atomic mass is 32.2. The largest absolute Gasteiger partial charge is 0.450 e. The number of thioether (sulfide) groups is 1. The van der Waals surface area contributed by atoms with Crippen molar-refractivity contribution in [2.75, 3.05) is 11.5 Å². The van der Waals surface area contributed by atoms with E-state index in [2.05, 4.69) is 20.8 Å². The Morgan fingerprint density at radius 1 is 1.26 bits per heavy atom. The second-order valence-corrected chi connectivity index (χ2v) is 7.04. The van der Waals surface area contributed by atoms with Crippen molar-refractivity contribution >= 4 is 17.5 Å². The molecule has 0 aromatic carbocycles. The SMILES string of the molecule is CCCCC(C)(C)CC(C)CSCC(=O)C(F)(F)F. The highest BCUT2D eigenvalue weighted by molar-refractivity contribution is 7.99. The summed E-state index contributed by atoms with van der Waals surface area (Å²) in [4.78, 5) is 10.7. The molecule has 0 radical (unpaired) electrons. The number of ketones is 1. The summed E-state index contributed by atoms with van der Waals surface area (Å²) in [5, 5.41) is 0. The fraction of sp³-hybridized carbons (Fsp3) is 0.929. The average molecular weight is 298 g/mol. The van der Waals surface area contributed by atoms with E-state index in [4.69, 9.17) is 0 Å². The number of carbonyl (C=O) groups is 1. The Kier molecular flexibility index (Phi) is 8.09. The molecule has 114 valence electrons. The van der Waals surface area contributed by atoms with Gasteiger partial charge in [0, 0.05) is 0 Å². The van der Waals surface area contributed by atoms with Gasteiger partial charge in [-0.15, -0.1) is 0 Å². The van der Waals surface area contributed by atoms with E-state index in [1.807, 2.05) is 6.92 Å². The van der Waals surface area contributed by atoms with E-state index >= 15 is 0 Å². The van der Waals surface area contributed by atoms with Gasteiger partial charge < -0.3 is 0 Å². The van der Waals surface area contributed by atoms with E-state index in [9.17, 15) is 18.0 Å². The molecular formula is C14H25F3OS.